The summed E-state index contributed by atoms with van der Waals surface area (Å²) in [5.41, 5.74) is 2.54. The van der Waals surface area contributed by atoms with E-state index in [1.165, 1.54) is 6.07 Å². The maximum Gasteiger partial charge on any atom is 0.213 e. The molecule has 0 saturated heterocycles. The molecule has 3 heterocycles. The van der Waals surface area contributed by atoms with Gasteiger partial charge in [-0.05, 0) is 24.3 Å². The molecular weight excluding hydrogens is 342 g/mol. The van der Waals surface area contributed by atoms with Gasteiger partial charge in [-0.25, -0.2) is 4.98 Å². The fourth-order valence-corrected chi connectivity index (χ4v) is 2.89. The van der Waals surface area contributed by atoms with Crippen LogP contribution >= 0.6 is 0 Å². The lowest BCUT2D eigenvalue weighted by Gasteiger charge is -2.18. The highest BCUT2D eigenvalue weighted by molar-refractivity contribution is 5.90. The van der Waals surface area contributed by atoms with Gasteiger partial charge in [0.25, 0.3) is 0 Å². The molecule has 0 bridgehead atoms. The molecule has 0 aliphatic heterocycles. The number of benzene rings is 1. The summed E-state index contributed by atoms with van der Waals surface area (Å²) in [6.45, 7) is 0. The highest BCUT2D eigenvalue weighted by Gasteiger charge is 2.15. The minimum Gasteiger partial charge on any atom is -0.481 e. The molecule has 0 aliphatic rings. The van der Waals surface area contributed by atoms with E-state index in [-0.39, 0.29) is 5.43 Å². The molecule has 6 nitrogen and oxygen atoms in total. The number of nitrogens with zero attached hydrogens (tertiary/aromatic N) is 3. The third-order valence-corrected chi connectivity index (χ3v) is 4.32. The molecule has 0 amide bonds. The Morgan fingerprint density at radius 3 is 2.56 bits per heavy atom. The minimum absolute atomic E-state index is 0.126. The quantitative estimate of drug-likeness (QED) is 0.548. The average Bonchev–Trinajstić information content (AvgIpc) is 2.73. The number of anilines is 2. The lowest BCUT2D eigenvalue weighted by Crippen LogP contribution is -2.13. The number of pyridine rings is 2. The molecule has 0 unspecified atom stereocenters. The monoisotopic (exact) mass is 359 g/mol. The second-order valence-electron chi connectivity index (χ2n) is 5.97. The molecule has 1 aromatic carbocycles. The number of hydrogen-bond acceptors (Lipinski definition) is 6. The lowest BCUT2D eigenvalue weighted by atomic mass is 10.1. The van der Waals surface area contributed by atoms with Gasteiger partial charge in [0.2, 0.25) is 11.8 Å². The summed E-state index contributed by atoms with van der Waals surface area (Å²) >= 11 is 0. The second-order valence-corrected chi connectivity index (χ2v) is 5.97. The topological polar surface area (TPSA) is 68.5 Å². The van der Waals surface area contributed by atoms with Crippen molar-refractivity contribution in [1.29, 1.82) is 0 Å². The largest absolute Gasteiger partial charge is 0.481 e. The van der Waals surface area contributed by atoms with Crippen LogP contribution in [0.3, 0.4) is 0 Å². The summed E-state index contributed by atoms with van der Waals surface area (Å²) in [6.07, 6.45) is 3.23. The smallest absolute Gasteiger partial charge is 0.213 e. The van der Waals surface area contributed by atoms with Crippen molar-refractivity contribution in [2.24, 2.45) is 0 Å². The van der Waals surface area contributed by atoms with Gasteiger partial charge >= 0.3 is 0 Å². The number of para-hydroxylation sites is 1. The number of aromatic nitrogens is 2. The third kappa shape index (κ3) is 3.13. The van der Waals surface area contributed by atoms with E-state index in [0.29, 0.717) is 28.4 Å². The molecule has 0 atom stereocenters. The van der Waals surface area contributed by atoms with Crippen molar-refractivity contribution in [2.45, 2.75) is 0 Å². The summed E-state index contributed by atoms with van der Waals surface area (Å²) in [5, 5.41) is 0.473. The van der Waals surface area contributed by atoms with E-state index in [1.54, 1.807) is 37.7 Å². The standard InChI is InChI=1S/C21H17N3O3/c1-24(15-6-4-3-5-7-15)19-13-17(25)16-9-11-23-20(21(16)27-19)14-8-10-22-18(12-14)26-2/h3-13H,1-2H3. The van der Waals surface area contributed by atoms with Gasteiger partial charge in [-0.15, -0.1) is 0 Å². The van der Waals surface area contributed by atoms with Crippen LogP contribution in [0.15, 0.2) is 76.2 Å². The maximum absolute atomic E-state index is 12.7. The van der Waals surface area contributed by atoms with E-state index >= 15 is 0 Å². The van der Waals surface area contributed by atoms with Crippen molar-refractivity contribution in [3.63, 3.8) is 0 Å². The minimum atomic E-state index is -0.126. The maximum atomic E-state index is 12.7. The van der Waals surface area contributed by atoms with Crippen molar-refractivity contribution in [3.8, 4) is 17.1 Å². The fourth-order valence-electron chi connectivity index (χ4n) is 2.89. The highest BCUT2D eigenvalue weighted by Crippen LogP contribution is 2.30. The van der Waals surface area contributed by atoms with Crippen molar-refractivity contribution >= 4 is 22.5 Å². The first-order valence-corrected chi connectivity index (χ1v) is 8.39. The Morgan fingerprint density at radius 1 is 1.00 bits per heavy atom. The Hall–Kier alpha value is -3.67. The summed E-state index contributed by atoms with van der Waals surface area (Å²) < 4.78 is 11.3. The van der Waals surface area contributed by atoms with Crippen molar-refractivity contribution in [3.05, 3.63) is 77.2 Å². The molecule has 0 fully saturated rings. The number of hydrogen-bond donors (Lipinski definition) is 0. The molecule has 0 radical (unpaired) electrons. The number of ether oxygens (including phenoxy) is 1. The number of fused-ring (bicyclic) bond motifs is 1. The van der Waals surface area contributed by atoms with E-state index in [2.05, 4.69) is 9.97 Å². The average molecular weight is 359 g/mol. The first-order chi connectivity index (χ1) is 13.2. The van der Waals surface area contributed by atoms with Crippen LogP contribution in [0.2, 0.25) is 0 Å². The van der Waals surface area contributed by atoms with E-state index in [1.807, 2.05) is 42.3 Å². The van der Waals surface area contributed by atoms with E-state index in [0.717, 1.165) is 11.3 Å². The Kier molecular flexibility index (Phi) is 4.30. The van der Waals surface area contributed by atoms with Gasteiger partial charge < -0.3 is 14.1 Å². The van der Waals surface area contributed by atoms with Gasteiger partial charge in [0.05, 0.1) is 12.5 Å². The van der Waals surface area contributed by atoms with Gasteiger partial charge in [0.15, 0.2) is 11.0 Å². The van der Waals surface area contributed by atoms with Crippen LogP contribution in [0.25, 0.3) is 22.2 Å². The Bertz CT molecular complexity index is 1160. The molecule has 3 aromatic heterocycles. The van der Waals surface area contributed by atoms with Crippen molar-refractivity contribution < 1.29 is 9.15 Å². The first-order valence-electron chi connectivity index (χ1n) is 8.39. The van der Waals surface area contributed by atoms with Gasteiger partial charge in [-0.2, -0.15) is 0 Å². The Morgan fingerprint density at radius 2 is 1.78 bits per heavy atom. The Labute approximate surface area is 155 Å². The van der Waals surface area contributed by atoms with Gasteiger partial charge in [-0.3, -0.25) is 9.78 Å². The molecule has 27 heavy (non-hydrogen) atoms. The Balaban J connectivity index is 1.91. The summed E-state index contributed by atoms with van der Waals surface area (Å²) in [6, 6.07) is 16.4. The van der Waals surface area contributed by atoms with Crippen LogP contribution in [0, 0.1) is 0 Å². The number of methoxy groups -OCH3 is 1. The van der Waals surface area contributed by atoms with Gasteiger partial charge in [0.1, 0.15) is 5.69 Å². The molecule has 0 N–H and O–H groups in total. The molecule has 0 spiro atoms. The lowest BCUT2D eigenvalue weighted by molar-refractivity contribution is 0.398. The molecule has 0 aliphatic carbocycles. The predicted molar refractivity (Wildman–Crippen MR) is 105 cm³/mol. The molecule has 6 heteroatoms. The van der Waals surface area contributed by atoms with Crippen molar-refractivity contribution in [2.75, 3.05) is 19.1 Å². The number of rotatable bonds is 4. The molecular formula is C21H17N3O3. The van der Waals surface area contributed by atoms with Gasteiger partial charge in [0, 0.05) is 42.8 Å². The SMILES string of the molecule is COc1cc(-c2nccc3c(=O)cc(N(C)c4ccccc4)oc23)ccn1. The van der Waals surface area contributed by atoms with Crippen LogP contribution in [0.1, 0.15) is 0 Å². The molecule has 0 saturated carbocycles. The third-order valence-electron chi connectivity index (χ3n) is 4.32. The van der Waals surface area contributed by atoms with E-state index in [4.69, 9.17) is 9.15 Å². The summed E-state index contributed by atoms with van der Waals surface area (Å²) in [7, 11) is 3.40. The van der Waals surface area contributed by atoms with Crippen LogP contribution in [0.5, 0.6) is 5.88 Å². The molecule has 134 valence electrons. The molecule has 4 aromatic rings. The zero-order valence-electron chi connectivity index (χ0n) is 14.9. The highest BCUT2D eigenvalue weighted by atomic mass is 16.5. The first kappa shape index (κ1) is 16.8. The zero-order chi connectivity index (χ0) is 18.8. The van der Waals surface area contributed by atoms with E-state index < -0.39 is 0 Å². The summed E-state index contributed by atoms with van der Waals surface area (Å²) in [4.78, 5) is 23.1. The van der Waals surface area contributed by atoms with Crippen LogP contribution in [-0.4, -0.2) is 24.1 Å². The van der Waals surface area contributed by atoms with Crippen LogP contribution in [0.4, 0.5) is 11.6 Å². The van der Waals surface area contributed by atoms with Crippen LogP contribution in [-0.2, 0) is 0 Å². The normalized spacial score (nSPS) is 10.7. The fraction of sp³-hybridized carbons (Fsp3) is 0.0952. The van der Waals surface area contributed by atoms with Crippen molar-refractivity contribution in [1.82, 2.24) is 9.97 Å². The van der Waals surface area contributed by atoms with Gasteiger partial charge in [-0.1, -0.05) is 18.2 Å². The second kappa shape index (κ2) is 6.92. The van der Waals surface area contributed by atoms with Crippen LogP contribution < -0.4 is 15.1 Å². The molecule has 4 rings (SSSR count). The predicted octanol–water partition coefficient (Wildman–Crippen LogP) is 4.03. The summed E-state index contributed by atoms with van der Waals surface area (Å²) in [5.74, 6) is 0.903. The van der Waals surface area contributed by atoms with E-state index in [9.17, 15) is 4.79 Å². The zero-order valence-corrected chi connectivity index (χ0v) is 14.9.